The van der Waals surface area contributed by atoms with Crippen LogP contribution in [-0.2, 0) is 19.9 Å². The van der Waals surface area contributed by atoms with Crippen LogP contribution in [0, 0.1) is 0 Å². The van der Waals surface area contributed by atoms with Crippen LogP contribution in [0.2, 0.25) is 5.02 Å². The van der Waals surface area contributed by atoms with E-state index in [9.17, 15) is 17.4 Å². The van der Waals surface area contributed by atoms with Gasteiger partial charge in [0.1, 0.15) is 0 Å². The van der Waals surface area contributed by atoms with E-state index in [0.29, 0.717) is 18.7 Å². The van der Waals surface area contributed by atoms with Crippen LogP contribution in [-0.4, -0.2) is 37.1 Å². The molecule has 1 rings (SSSR count). The highest BCUT2D eigenvalue weighted by atomic mass is 79.9. The van der Waals surface area contributed by atoms with E-state index in [2.05, 4.69) is 21.2 Å². The summed E-state index contributed by atoms with van der Waals surface area (Å²) in [5.41, 5.74) is 0.00267. The minimum absolute atomic E-state index is 0.00267. The van der Waals surface area contributed by atoms with Crippen LogP contribution in [0.1, 0.15) is 16.8 Å². The summed E-state index contributed by atoms with van der Waals surface area (Å²) in [7, 11) is 0.363. The molecule has 1 N–H and O–H groups in total. The van der Waals surface area contributed by atoms with E-state index in [1.54, 1.807) is 6.26 Å². The molecule has 118 valence electrons. The Bertz CT molecular complexity index is 679. The van der Waals surface area contributed by atoms with Crippen molar-refractivity contribution in [2.24, 2.45) is 0 Å². The van der Waals surface area contributed by atoms with Gasteiger partial charge in [0.05, 0.1) is 15.5 Å². The van der Waals surface area contributed by atoms with E-state index >= 15 is 0 Å². The number of hydrogen-bond acceptors (Lipinski definition) is 4. The third-order valence-electron chi connectivity index (χ3n) is 2.42. The molecule has 0 radical (unpaired) electrons. The van der Waals surface area contributed by atoms with Gasteiger partial charge in [-0.25, -0.2) is 8.42 Å². The number of halogens is 3. The monoisotopic (exact) mass is 435 g/mol. The van der Waals surface area contributed by atoms with Gasteiger partial charge in [-0.15, -0.1) is 0 Å². The van der Waals surface area contributed by atoms with Crippen LogP contribution >= 0.6 is 38.2 Å². The number of hydrogen-bond donors (Lipinski definition) is 1. The fourth-order valence-corrected chi connectivity index (χ4v) is 3.58. The van der Waals surface area contributed by atoms with Crippen molar-refractivity contribution in [2.75, 3.05) is 18.6 Å². The zero-order chi connectivity index (χ0) is 16.2. The molecule has 0 aliphatic heterocycles. The smallest absolute Gasteiger partial charge is 0.261 e. The van der Waals surface area contributed by atoms with Gasteiger partial charge in [-0.3, -0.25) is 9.00 Å². The summed E-state index contributed by atoms with van der Waals surface area (Å²) in [6.07, 6.45) is 2.12. The second-order valence-corrected chi connectivity index (χ2v) is 9.44. The molecule has 1 unspecified atom stereocenters. The highest BCUT2D eigenvalue weighted by Gasteiger charge is 2.19. The molecule has 0 aromatic heterocycles. The van der Waals surface area contributed by atoms with Gasteiger partial charge in [0.15, 0.2) is 0 Å². The third-order valence-corrected chi connectivity index (χ3v) is 5.88. The summed E-state index contributed by atoms with van der Waals surface area (Å²) in [5, 5.41) is 2.68. The summed E-state index contributed by atoms with van der Waals surface area (Å²) in [4.78, 5) is 11.8. The Kier molecular flexibility index (Phi) is 7.12. The molecule has 5 nitrogen and oxygen atoms in total. The zero-order valence-corrected chi connectivity index (χ0v) is 15.6. The van der Waals surface area contributed by atoms with E-state index in [0.717, 1.165) is 6.07 Å². The molecule has 21 heavy (non-hydrogen) atoms. The van der Waals surface area contributed by atoms with Gasteiger partial charge >= 0.3 is 0 Å². The van der Waals surface area contributed by atoms with Crippen molar-refractivity contribution in [1.29, 1.82) is 0 Å². The van der Waals surface area contributed by atoms with E-state index in [1.807, 2.05) is 0 Å². The highest BCUT2D eigenvalue weighted by Crippen LogP contribution is 2.31. The number of amides is 1. The first-order chi connectivity index (χ1) is 9.62. The first-order valence-corrected chi connectivity index (χ1v) is 10.9. The predicted octanol–water partition coefficient (Wildman–Crippen LogP) is 2.53. The van der Waals surface area contributed by atoms with Crippen molar-refractivity contribution in [3.63, 3.8) is 0 Å². The Balaban J connectivity index is 2.93. The summed E-state index contributed by atoms with van der Waals surface area (Å²) in [6.45, 7) is 0.310. The van der Waals surface area contributed by atoms with Gasteiger partial charge in [-0.1, -0.05) is 11.6 Å². The number of nitrogens with one attached hydrogen (secondary N) is 1. The number of carbonyl (C=O) groups is 1. The van der Waals surface area contributed by atoms with E-state index in [4.69, 9.17) is 22.3 Å². The molecule has 10 heteroatoms. The van der Waals surface area contributed by atoms with Crippen molar-refractivity contribution in [3.8, 4) is 0 Å². The average Bonchev–Trinajstić information content (AvgIpc) is 2.35. The maximum Gasteiger partial charge on any atom is 0.261 e. The molecular formula is C11H12BrCl2NO4S2. The summed E-state index contributed by atoms with van der Waals surface area (Å²) >= 11 is 9.06. The standard InChI is InChI=1S/C11H12BrCl2NO4S2/c1-20(17)4-2-3-15-11(16)8-5-7(21(14,18)19)6-9(12)10(8)13/h5-6H,2-4H2,1H3,(H,15,16). The quantitative estimate of drug-likeness (QED) is 0.548. The molecule has 0 aliphatic carbocycles. The van der Waals surface area contributed by atoms with Gasteiger partial charge in [-0.2, -0.15) is 0 Å². The Morgan fingerprint density at radius 2 is 2.05 bits per heavy atom. The van der Waals surface area contributed by atoms with E-state index in [1.165, 1.54) is 6.07 Å². The summed E-state index contributed by atoms with van der Waals surface area (Å²) in [5.74, 6) is -0.0573. The fraction of sp³-hybridized carbons (Fsp3) is 0.364. The van der Waals surface area contributed by atoms with Crippen LogP contribution in [0.5, 0.6) is 0 Å². The molecule has 1 aromatic carbocycles. The van der Waals surface area contributed by atoms with Gasteiger partial charge in [0.2, 0.25) is 0 Å². The number of benzene rings is 1. The lowest BCUT2D eigenvalue weighted by Gasteiger charge is -2.09. The van der Waals surface area contributed by atoms with Gasteiger partial charge in [0, 0.05) is 44.5 Å². The van der Waals surface area contributed by atoms with E-state index in [-0.39, 0.29) is 20.0 Å². The Labute approximate surface area is 143 Å². The molecule has 0 saturated heterocycles. The van der Waals surface area contributed by atoms with Crippen LogP contribution in [0.3, 0.4) is 0 Å². The fourth-order valence-electron chi connectivity index (χ4n) is 1.44. The van der Waals surface area contributed by atoms with Crippen molar-refractivity contribution in [2.45, 2.75) is 11.3 Å². The molecule has 0 heterocycles. The molecule has 1 aromatic rings. The topological polar surface area (TPSA) is 80.3 Å². The third kappa shape index (κ3) is 5.86. The normalized spacial score (nSPS) is 13.0. The average molecular weight is 437 g/mol. The maximum atomic E-state index is 12.0. The van der Waals surface area contributed by atoms with Crippen molar-refractivity contribution in [1.82, 2.24) is 5.32 Å². The van der Waals surface area contributed by atoms with Gasteiger partial charge in [0.25, 0.3) is 15.0 Å². The molecule has 0 bridgehead atoms. The molecule has 0 spiro atoms. The summed E-state index contributed by atoms with van der Waals surface area (Å²) < 4.78 is 33.8. The van der Waals surface area contributed by atoms with Crippen LogP contribution < -0.4 is 5.32 Å². The van der Waals surface area contributed by atoms with Gasteiger partial charge < -0.3 is 5.32 Å². The van der Waals surface area contributed by atoms with E-state index < -0.39 is 25.8 Å². The predicted molar refractivity (Wildman–Crippen MR) is 88.1 cm³/mol. The second kappa shape index (κ2) is 7.92. The Hall–Kier alpha value is -0.150. The van der Waals surface area contributed by atoms with Crippen LogP contribution in [0.25, 0.3) is 0 Å². The zero-order valence-electron chi connectivity index (χ0n) is 10.9. The lowest BCUT2D eigenvalue weighted by atomic mass is 10.2. The lowest BCUT2D eigenvalue weighted by molar-refractivity contribution is 0.0953. The maximum absolute atomic E-state index is 12.0. The Morgan fingerprint density at radius 3 is 2.57 bits per heavy atom. The minimum Gasteiger partial charge on any atom is -0.352 e. The molecule has 0 aliphatic rings. The minimum atomic E-state index is -3.97. The molecule has 0 fully saturated rings. The largest absolute Gasteiger partial charge is 0.352 e. The molecule has 1 atom stereocenters. The molecule has 1 amide bonds. The lowest BCUT2D eigenvalue weighted by Crippen LogP contribution is -2.26. The second-order valence-electron chi connectivity index (χ2n) is 4.09. The van der Waals surface area contributed by atoms with Crippen LogP contribution in [0.4, 0.5) is 0 Å². The number of carbonyl (C=O) groups excluding carboxylic acids is 1. The van der Waals surface area contributed by atoms with Crippen molar-refractivity contribution >= 4 is 64.0 Å². The number of rotatable bonds is 6. The van der Waals surface area contributed by atoms with Gasteiger partial charge in [-0.05, 0) is 34.5 Å². The summed E-state index contributed by atoms with van der Waals surface area (Å²) in [6, 6.07) is 2.34. The van der Waals surface area contributed by atoms with Crippen molar-refractivity contribution in [3.05, 3.63) is 27.2 Å². The highest BCUT2D eigenvalue weighted by molar-refractivity contribution is 9.10. The Morgan fingerprint density at radius 1 is 1.43 bits per heavy atom. The molecular weight excluding hydrogens is 425 g/mol. The van der Waals surface area contributed by atoms with Crippen LogP contribution in [0.15, 0.2) is 21.5 Å². The van der Waals surface area contributed by atoms with Crippen molar-refractivity contribution < 1.29 is 17.4 Å². The SMILES string of the molecule is CS(=O)CCCNC(=O)c1cc(S(=O)(=O)Cl)cc(Br)c1Cl. The first-order valence-electron chi connectivity index (χ1n) is 5.65. The first kappa shape index (κ1) is 18.9. The molecule has 0 saturated carbocycles.